The number of rotatable bonds is 12. The first kappa shape index (κ1) is 29.0. The SMILES string of the molecule is CCCCCCCCCCCOC(=O)C1CCCN1C(=O)c1cc(C(F)(F)F)ccc1C(F)(F)F. The van der Waals surface area contributed by atoms with E-state index in [1.54, 1.807) is 0 Å². The molecule has 10 heteroatoms. The van der Waals surface area contributed by atoms with E-state index in [2.05, 4.69) is 6.92 Å². The minimum atomic E-state index is -5.03. The Kier molecular flexibility index (Phi) is 10.9. The van der Waals surface area contributed by atoms with Crippen LogP contribution in [0.5, 0.6) is 0 Å². The molecule has 4 nitrogen and oxygen atoms in total. The van der Waals surface area contributed by atoms with Gasteiger partial charge in [0, 0.05) is 6.54 Å². The van der Waals surface area contributed by atoms with Gasteiger partial charge in [-0.2, -0.15) is 26.3 Å². The number of carbonyl (C=O) groups excluding carboxylic acids is 2. The minimum Gasteiger partial charge on any atom is -0.464 e. The highest BCUT2D eigenvalue weighted by molar-refractivity contribution is 5.98. The number of alkyl halides is 6. The Bertz CT molecular complexity index is 837. The first-order valence-electron chi connectivity index (χ1n) is 12.2. The molecular formula is C25H33F6NO3. The molecule has 0 aliphatic carbocycles. The van der Waals surface area contributed by atoms with Crippen molar-refractivity contribution in [2.24, 2.45) is 0 Å². The molecule has 35 heavy (non-hydrogen) atoms. The van der Waals surface area contributed by atoms with Crippen LogP contribution in [-0.2, 0) is 21.9 Å². The maximum Gasteiger partial charge on any atom is 0.417 e. The molecule has 0 bridgehead atoms. The molecule has 1 aromatic carbocycles. The minimum absolute atomic E-state index is 0.0375. The quantitative estimate of drug-likeness (QED) is 0.168. The van der Waals surface area contributed by atoms with Crippen molar-refractivity contribution < 1.29 is 40.7 Å². The van der Waals surface area contributed by atoms with Crippen LogP contribution >= 0.6 is 0 Å². The lowest BCUT2D eigenvalue weighted by Crippen LogP contribution is -2.42. The number of halogens is 6. The summed E-state index contributed by atoms with van der Waals surface area (Å²) in [5.74, 6) is -2.00. The third kappa shape index (κ3) is 8.72. The van der Waals surface area contributed by atoms with Crippen LogP contribution in [-0.4, -0.2) is 36.0 Å². The Balaban J connectivity index is 1.95. The summed E-state index contributed by atoms with van der Waals surface area (Å²) in [5.41, 5.74) is -3.95. The van der Waals surface area contributed by atoms with Crippen molar-refractivity contribution in [2.45, 2.75) is 95.9 Å². The second-order valence-corrected chi connectivity index (χ2v) is 8.91. The van der Waals surface area contributed by atoms with Crippen molar-refractivity contribution in [1.29, 1.82) is 0 Å². The summed E-state index contributed by atoms with van der Waals surface area (Å²) < 4.78 is 84.7. The van der Waals surface area contributed by atoms with E-state index >= 15 is 0 Å². The molecule has 0 aromatic heterocycles. The predicted molar refractivity (Wildman–Crippen MR) is 119 cm³/mol. The maximum absolute atomic E-state index is 13.4. The van der Waals surface area contributed by atoms with E-state index in [4.69, 9.17) is 4.74 Å². The van der Waals surface area contributed by atoms with Gasteiger partial charge in [-0.15, -0.1) is 0 Å². The van der Waals surface area contributed by atoms with Crippen molar-refractivity contribution in [3.05, 3.63) is 34.9 Å². The second-order valence-electron chi connectivity index (χ2n) is 8.91. The van der Waals surface area contributed by atoms with Gasteiger partial charge in [0.1, 0.15) is 6.04 Å². The molecule has 1 fully saturated rings. The Morgan fingerprint density at radius 2 is 1.51 bits per heavy atom. The first-order valence-corrected chi connectivity index (χ1v) is 12.2. The van der Waals surface area contributed by atoms with Gasteiger partial charge < -0.3 is 9.64 Å². The standard InChI is InChI=1S/C25H33F6NO3/c1-2-3-4-5-6-7-8-9-10-16-35-23(34)21-12-11-15-32(21)22(33)19-17-18(24(26,27)28)13-14-20(19)25(29,30)31/h13-14,17,21H,2-12,15-16H2,1H3. The highest BCUT2D eigenvalue weighted by atomic mass is 19.4. The summed E-state index contributed by atoms with van der Waals surface area (Å²) in [7, 11) is 0. The molecule has 198 valence electrons. The molecule has 1 aromatic rings. The predicted octanol–water partition coefficient (Wildman–Crippen LogP) is 7.40. The number of ether oxygens (including phenoxy) is 1. The summed E-state index contributed by atoms with van der Waals surface area (Å²) in [6.45, 7) is 2.25. The zero-order chi connectivity index (χ0) is 26.1. The molecule has 0 spiro atoms. The molecule has 0 saturated carbocycles. The molecule has 1 saturated heterocycles. The normalized spacial score (nSPS) is 16.5. The van der Waals surface area contributed by atoms with Crippen LogP contribution in [0.4, 0.5) is 26.3 Å². The fraction of sp³-hybridized carbons (Fsp3) is 0.680. The number of amides is 1. The van der Waals surface area contributed by atoms with Gasteiger partial charge in [0.05, 0.1) is 23.3 Å². The first-order chi connectivity index (χ1) is 16.5. The number of hydrogen-bond acceptors (Lipinski definition) is 3. The van der Waals surface area contributed by atoms with Crippen molar-refractivity contribution in [3.8, 4) is 0 Å². The average molecular weight is 510 g/mol. The third-order valence-corrected chi connectivity index (χ3v) is 6.16. The fourth-order valence-electron chi connectivity index (χ4n) is 4.24. The van der Waals surface area contributed by atoms with Crippen LogP contribution in [0, 0.1) is 0 Å². The number of benzene rings is 1. The molecule has 1 amide bonds. The number of hydrogen-bond donors (Lipinski definition) is 0. The molecule has 2 rings (SSSR count). The highest BCUT2D eigenvalue weighted by Gasteiger charge is 2.42. The molecule has 1 aliphatic heterocycles. The van der Waals surface area contributed by atoms with Crippen molar-refractivity contribution in [1.82, 2.24) is 4.90 Å². The zero-order valence-electron chi connectivity index (χ0n) is 19.9. The number of nitrogens with zero attached hydrogens (tertiary/aromatic N) is 1. The average Bonchev–Trinajstić information content (AvgIpc) is 3.28. The van der Waals surface area contributed by atoms with Gasteiger partial charge in [-0.05, 0) is 37.5 Å². The number of likely N-dealkylation sites (tertiary alicyclic amines) is 1. The lowest BCUT2D eigenvalue weighted by atomic mass is 10.0. The van der Waals surface area contributed by atoms with Crippen LogP contribution in [0.15, 0.2) is 18.2 Å². The Labute approximate surface area is 202 Å². The van der Waals surface area contributed by atoms with Gasteiger partial charge in [-0.25, -0.2) is 4.79 Å². The van der Waals surface area contributed by atoms with Crippen LogP contribution < -0.4 is 0 Å². The summed E-state index contributed by atoms with van der Waals surface area (Å²) in [6.07, 6.45) is 0.210. The molecule has 1 atom stereocenters. The van der Waals surface area contributed by atoms with Crippen molar-refractivity contribution in [2.75, 3.05) is 13.2 Å². The van der Waals surface area contributed by atoms with Gasteiger partial charge in [0.15, 0.2) is 0 Å². The highest BCUT2D eigenvalue weighted by Crippen LogP contribution is 2.37. The number of unbranched alkanes of at least 4 members (excludes halogenated alkanes) is 8. The van der Waals surface area contributed by atoms with Crippen molar-refractivity contribution >= 4 is 11.9 Å². The Morgan fingerprint density at radius 1 is 0.914 bits per heavy atom. The van der Waals surface area contributed by atoms with Crippen molar-refractivity contribution in [3.63, 3.8) is 0 Å². The number of carbonyl (C=O) groups is 2. The third-order valence-electron chi connectivity index (χ3n) is 6.16. The molecule has 1 heterocycles. The van der Waals surface area contributed by atoms with E-state index in [-0.39, 0.29) is 31.7 Å². The van der Waals surface area contributed by atoms with E-state index in [9.17, 15) is 35.9 Å². The molecule has 0 N–H and O–H groups in total. The Morgan fingerprint density at radius 3 is 2.09 bits per heavy atom. The van der Waals surface area contributed by atoms with Gasteiger partial charge in [0.25, 0.3) is 5.91 Å². The van der Waals surface area contributed by atoms with Gasteiger partial charge in [0.2, 0.25) is 0 Å². The topological polar surface area (TPSA) is 46.6 Å². The Hall–Kier alpha value is -2.26. The van der Waals surface area contributed by atoms with E-state index in [1.807, 2.05) is 0 Å². The monoisotopic (exact) mass is 509 g/mol. The van der Waals surface area contributed by atoms with E-state index < -0.39 is 47.0 Å². The molecular weight excluding hydrogens is 476 g/mol. The van der Waals surface area contributed by atoms with Gasteiger partial charge in [-0.3, -0.25) is 4.79 Å². The zero-order valence-corrected chi connectivity index (χ0v) is 19.9. The van der Waals surface area contributed by atoms with Gasteiger partial charge in [-0.1, -0.05) is 58.3 Å². The summed E-state index contributed by atoms with van der Waals surface area (Å²) in [4.78, 5) is 26.3. The fourth-order valence-corrected chi connectivity index (χ4v) is 4.24. The summed E-state index contributed by atoms with van der Waals surface area (Å²) >= 11 is 0. The van der Waals surface area contributed by atoms with E-state index in [0.717, 1.165) is 30.6 Å². The second kappa shape index (κ2) is 13.2. The largest absolute Gasteiger partial charge is 0.464 e. The lowest BCUT2D eigenvalue weighted by molar-refractivity contribution is -0.148. The number of esters is 1. The smallest absolute Gasteiger partial charge is 0.417 e. The van der Waals surface area contributed by atoms with Crippen LogP contribution in [0.3, 0.4) is 0 Å². The molecule has 1 unspecified atom stereocenters. The summed E-state index contributed by atoms with van der Waals surface area (Å²) in [6, 6.07) is -0.366. The van der Waals surface area contributed by atoms with Crippen LogP contribution in [0.1, 0.15) is 99.0 Å². The molecule has 1 aliphatic rings. The van der Waals surface area contributed by atoms with Crippen LogP contribution in [0.2, 0.25) is 0 Å². The van der Waals surface area contributed by atoms with Crippen LogP contribution in [0.25, 0.3) is 0 Å². The summed E-state index contributed by atoms with van der Waals surface area (Å²) in [5, 5.41) is 0. The van der Waals surface area contributed by atoms with Gasteiger partial charge >= 0.3 is 18.3 Å². The van der Waals surface area contributed by atoms with E-state index in [1.165, 1.54) is 25.7 Å². The molecule has 0 radical (unpaired) electrons. The van der Waals surface area contributed by atoms with E-state index in [0.29, 0.717) is 18.9 Å². The maximum atomic E-state index is 13.4. The lowest BCUT2D eigenvalue weighted by Gasteiger charge is -2.25.